The van der Waals surface area contributed by atoms with Crippen LogP contribution in [0.3, 0.4) is 0 Å². The summed E-state index contributed by atoms with van der Waals surface area (Å²) in [7, 11) is 0. The van der Waals surface area contributed by atoms with E-state index in [1.54, 1.807) is 27.8 Å². The van der Waals surface area contributed by atoms with Crippen molar-refractivity contribution in [1.82, 2.24) is 19.0 Å². The average molecular weight is 513 g/mol. The Balaban J connectivity index is 0.00000148. The van der Waals surface area contributed by atoms with Gasteiger partial charge in [0.15, 0.2) is 23.1 Å². The summed E-state index contributed by atoms with van der Waals surface area (Å²) in [5.41, 5.74) is 1.04. The van der Waals surface area contributed by atoms with Crippen LogP contribution in [0.4, 0.5) is 8.78 Å². The van der Waals surface area contributed by atoms with Gasteiger partial charge in [-0.3, -0.25) is 18.9 Å². The van der Waals surface area contributed by atoms with E-state index in [0.717, 1.165) is 6.07 Å². The van der Waals surface area contributed by atoms with Crippen LogP contribution in [0.5, 0.6) is 11.5 Å². The third-order valence-electron chi connectivity index (χ3n) is 5.92. The van der Waals surface area contributed by atoms with Gasteiger partial charge in [-0.25, -0.2) is 13.6 Å². The number of halogens is 3. The molecule has 0 saturated carbocycles. The number of aromatic nitrogens is 3. The number of hydrogen-bond acceptors (Lipinski definition) is 4. The average Bonchev–Trinajstić information content (AvgIpc) is 3.49. The number of ether oxygens (including phenoxy) is 1. The maximum Gasteiger partial charge on any atom is 0.334 e. The molecule has 0 spiro atoms. The molecule has 0 bridgehead atoms. The summed E-state index contributed by atoms with van der Waals surface area (Å²) in [6.07, 6.45) is 6.45. The third kappa shape index (κ3) is 4.61. The molecular weight excluding hydrogens is 490 g/mol. The number of carbonyl (C=O) groups excluding carboxylic acids is 1. The van der Waals surface area contributed by atoms with E-state index < -0.39 is 11.6 Å². The predicted molar refractivity (Wildman–Crippen MR) is 134 cm³/mol. The number of fused-ring (bicyclic) bond motifs is 1. The first kappa shape index (κ1) is 25.1. The lowest BCUT2D eigenvalue weighted by molar-refractivity contribution is -0.125. The first-order valence-electron chi connectivity index (χ1n) is 11.1. The first-order chi connectivity index (χ1) is 17.5. The molecule has 1 aliphatic heterocycles. The topological polar surface area (TPSA) is 69.4 Å². The van der Waals surface area contributed by atoms with E-state index in [9.17, 15) is 18.4 Å². The predicted octanol–water partition coefficient (Wildman–Crippen LogP) is 5.07. The van der Waals surface area contributed by atoms with Gasteiger partial charge in [-0.05, 0) is 42.8 Å². The zero-order chi connectivity index (χ0) is 25.8. The van der Waals surface area contributed by atoms with Gasteiger partial charge < -0.3 is 9.64 Å². The summed E-state index contributed by atoms with van der Waals surface area (Å²) in [5, 5.41) is 0. The van der Waals surface area contributed by atoms with Crippen LogP contribution in [0.1, 0.15) is 12.5 Å². The van der Waals surface area contributed by atoms with Crippen molar-refractivity contribution in [3.63, 3.8) is 0 Å². The van der Waals surface area contributed by atoms with Crippen LogP contribution in [0.25, 0.3) is 16.7 Å². The molecule has 1 fully saturated rings. The number of nitrogens with zero attached hydrogens (tertiary/aromatic N) is 4. The Kier molecular flexibility index (Phi) is 7.49. The zero-order valence-corrected chi connectivity index (χ0v) is 20.2. The van der Waals surface area contributed by atoms with Crippen LogP contribution in [0.2, 0.25) is 0 Å². The SMILES string of the molecule is C=CC(=O)N1CCC(n2c(=O)n(-c3ccc(Oc4ccccc4F)c(F)c3)c3cnccc32)C1.CCl. The lowest BCUT2D eigenvalue weighted by Crippen LogP contribution is -2.31. The molecule has 5 rings (SSSR count). The third-order valence-corrected chi connectivity index (χ3v) is 5.92. The van der Waals surface area contributed by atoms with Crippen LogP contribution in [-0.2, 0) is 4.79 Å². The quantitative estimate of drug-likeness (QED) is 0.276. The molecule has 10 heteroatoms. The molecule has 1 unspecified atom stereocenters. The standard InChI is InChI=1S/C25H20F2N4O3.CH3Cl/c1-2-24(32)29-12-10-17(15-29)31-20-9-11-28-14-21(20)30(25(31)33)16-7-8-23(19(27)13-16)34-22-6-4-3-5-18(22)26;1-2/h2-9,11,13-14,17H,1,10,12,15H2;1H3. The number of likely N-dealkylation sites (tertiary alicyclic amines) is 1. The highest BCUT2D eigenvalue weighted by Gasteiger charge is 2.30. The Morgan fingerprint density at radius 1 is 1.11 bits per heavy atom. The van der Waals surface area contributed by atoms with E-state index >= 15 is 0 Å². The number of para-hydroxylation sites is 1. The maximum atomic E-state index is 14.9. The largest absolute Gasteiger partial charge is 0.451 e. The summed E-state index contributed by atoms with van der Waals surface area (Å²) in [5.74, 6) is -1.82. The van der Waals surface area contributed by atoms with Crippen molar-refractivity contribution in [3.8, 4) is 17.2 Å². The molecule has 3 heterocycles. The van der Waals surface area contributed by atoms with Crippen LogP contribution in [0.15, 0.2) is 78.4 Å². The lowest BCUT2D eigenvalue weighted by atomic mass is 10.2. The van der Waals surface area contributed by atoms with E-state index in [1.807, 2.05) is 0 Å². The van der Waals surface area contributed by atoms with Crippen LogP contribution in [0, 0.1) is 11.6 Å². The van der Waals surface area contributed by atoms with Gasteiger partial charge in [-0.1, -0.05) is 18.7 Å². The molecule has 1 amide bonds. The summed E-state index contributed by atoms with van der Waals surface area (Å²) < 4.78 is 37.2. The van der Waals surface area contributed by atoms with Gasteiger partial charge in [-0.2, -0.15) is 0 Å². The molecular formula is C26H23ClF2N4O3. The molecule has 0 radical (unpaired) electrons. The fraction of sp³-hybridized carbons (Fsp3) is 0.192. The lowest BCUT2D eigenvalue weighted by Gasteiger charge is -2.15. The Bertz CT molecular complexity index is 1480. The van der Waals surface area contributed by atoms with Crippen molar-refractivity contribution in [3.05, 3.63) is 95.7 Å². The van der Waals surface area contributed by atoms with Gasteiger partial charge >= 0.3 is 5.69 Å². The Labute approximate surface area is 210 Å². The van der Waals surface area contributed by atoms with Crippen molar-refractivity contribution in [2.24, 2.45) is 0 Å². The molecule has 7 nitrogen and oxygen atoms in total. The van der Waals surface area contributed by atoms with Gasteiger partial charge in [0, 0.05) is 31.7 Å². The monoisotopic (exact) mass is 512 g/mol. The molecule has 1 aliphatic rings. The number of rotatable bonds is 5. The fourth-order valence-electron chi connectivity index (χ4n) is 4.31. The van der Waals surface area contributed by atoms with Gasteiger partial charge in [0.05, 0.1) is 29.0 Å². The minimum absolute atomic E-state index is 0.105. The molecule has 0 N–H and O–H groups in total. The summed E-state index contributed by atoms with van der Waals surface area (Å²) in [6, 6.07) is 11.2. The normalized spacial score (nSPS) is 14.9. The molecule has 2 aromatic carbocycles. The number of alkyl halides is 1. The number of imidazole rings is 1. The second-order valence-corrected chi connectivity index (χ2v) is 7.93. The van der Waals surface area contributed by atoms with Crippen molar-refractivity contribution in [1.29, 1.82) is 0 Å². The van der Waals surface area contributed by atoms with Crippen LogP contribution in [-0.4, -0.2) is 44.4 Å². The second-order valence-electron chi connectivity index (χ2n) is 7.93. The minimum Gasteiger partial charge on any atom is -0.451 e. The Hall–Kier alpha value is -3.98. The van der Waals surface area contributed by atoms with E-state index in [4.69, 9.17) is 4.74 Å². The van der Waals surface area contributed by atoms with Gasteiger partial charge in [0.1, 0.15) is 0 Å². The summed E-state index contributed by atoms with van der Waals surface area (Å²) >= 11 is 4.64. The highest BCUT2D eigenvalue weighted by Crippen LogP contribution is 2.30. The van der Waals surface area contributed by atoms with Crippen molar-refractivity contribution in [2.75, 3.05) is 19.5 Å². The number of benzene rings is 2. The van der Waals surface area contributed by atoms with E-state index in [0.29, 0.717) is 30.5 Å². The summed E-state index contributed by atoms with van der Waals surface area (Å²) in [4.78, 5) is 31.3. The molecule has 2 aromatic heterocycles. The zero-order valence-electron chi connectivity index (χ0n) is 19.4. The highest BCUT2D eigenvalue weighted by molar-refractivity contribution is 6.15. The molecule has 4 aromatic rings. The first-order valence-corrected chi connectivity index (χ1v) is 11.8. The maximum absolute atomic E-state index is 14.9. The number of pyridine rings is 1. The van der Waals surface area contributed by atoms with Gasteiger partial charge in [0.25, 0.3) is 0 Å². The van der Waals surface area contributed by atoms with E-state index in [1.165, 1.54) is 53.6 Å². The number of amides is 1. The Morgan fingerprint density at radius 2 is 1.86 bits per heavy atom. The fourth-order valence-corrected chi connectivity index (χ4v) is 4.31. The van der Waals surface area contributed by atoms with Crippen molar-refractivity contribution in [2.45, 2.75) is 12.5 Å². The Morgan fingerprint density at radius 3 is 2.58 bits per heavy atom. The van der Waals surface area contributed by atoms with E-state index in [-0.39, 0.29) is 34.8 Å². The second kappa shape index (κ2) is 10.7. The van der Waals surface area contributed by atoms with Crippen LogP contribution >= 0.6 is 11.6 Å². The minimum atomic E-state index is -0.749. The molecule has 0 aliphatic carbocycles. The molecule has 1 saturated heterocycles. The van der Waals surface area contributed by atoms with Crippen molar-refractivity contribution >= 4 is 28.5 Å². The molecule has 1 atom stereocenters. The highest BCUT2D eigenvalue weighted by atomic mass is 35.5. The van der Waals surface area contributed by atoms with Crippen LogP contribution < -0.4 is 10.4 Å². The molecule has 186 valence electrons. The molecule has 36 heavy (non-hydrogen) atoms. The van der Waals surface area contributed by atoms with E-state index in [2.05, 4.69) is 23.2 Å². The number of hydrogen-bond donors (Lipinski definition) is 0. The van der Waals surface area contributed by atoms with Gasteiger partial charge in [-0.15, -0.1) is 11.6 Å². The number of carbonyl (C=O) groups is 1. The van der Waals surface area contributed by atoms with Gasteiger partial charge in [0.2, 0.25) is 5.91 Å². The smallest absolute Gasteiger partial charge is 0.334 e. The van der Waals surface area contributed by atoms with Crippen molar-refractivity contribution < 1.29 is 18.3 Å². The summed E-state index contributed by atoms with van der Waals surface area (Å²) in [6.45, 7) is 4.40.